The highest BCUT2D eigenvalue weighted by Crippen LogP contribution is 2.19. The molecule has 0 fully saturated rings. The molecule has 0 unspecified atom stereocenters. The van der Waals surface area contributed by atoms with Crippen molar-refractivity contribution in [2.24, 2.45) is 0 Å². The largest absolute Gasteiger partial charge is 0.496 e. The third-order valence-corrected chi connectivity index (χ3v) is 4.62. The van der Waals surface area contributed by atoms with Crippen molar-refractivity contribution < 1.29 is 22.7 Å². The number of rotatable bonds is 5. The van der Waals surface area contributed by atoms with Gasteiger partial charge in [-0.2, -0.15) is 0 Å². The molecule has 2 amide bonds. The second-order valence-corrected chi connectivity index (χ2v) is 6.36. The molecule has 7 nitrogen and oxygen atoms in total. The normalized spacial score (nSPS) is 10.8. The molecular weight excluding hydrogens is 332 g/mol. The summed E-state index contributed by atoms with van der Waals surface area (Å²) in [7, 11) is -1.47. The Labute approximate surface area is 139 Å². The second kappa shape index (κ2) is 7.14. The minimum atomic E-state index is -4.23. The molecule has 0 bridgehead atoms. The van der Waals surface area contributed by atoms with Crippen LogP contribution in [0, 0.1) is 0 Å². The van der Waals surface area contributed by atoms with Crippen molar-refractivity contribution in [3.63, 3.8) is 0 Å². The molecule has 2 aromatic rings. The quantitative estimate of drug-likeness (QED) is 0.845. The highest BCUT2D eigenvalue weighted by molar-refractivity contribution is 7.90. The fraction of sp³-hybridized carbons (Fsp3) is 0.125. The Bertz CT molecular complexity index is 878. The number of amides is 2. The highest BCUT2D eigenvalue weighted by atomic mass is 32.2. The summed E-state index contributed by atoms with van der Waals surface area (Å²) in [5, 5.41) is 2.36. The number of hydrogen-bond acceptors (Lipinski definition) is 5. The van der Waals surface area contributed by atoms with Crippen LogP contribution in [0.2, 0.25) is 0 Å². The van der Waals surface area contributed by atoms with Gasteiger partial charge in [0.15, 0.2) is 0 Å². The van der Waals surface area contributed by atoms with Gasteiger partial charge in [0.05, 0.1) is 18.2 Å². The molecule has 0 saturated heterocycles. The number of carbonyl (C=O) groups is 2. The van der Waals surface area contributed by atoms with E-state index in [2.05, 4.69) is 5.32 Å². The van der Waals surface area contributed by atoms with Crippen LogP contribution in [0.1, 0.15) is 20.7 Å². The Balaban J connectivity index is 2.39. The van der Waals surface area contributed by atoms with Crippen molar-refractivity contribution in [1.29, 1.82) is 0 Å². The van der Waals surface area contributed by atoms with Crippen LogP contribution in [-0.2, 0) is 10.0 Å². The highest BCUT2D eigenvalue weighted by Gasteiger charge is 2.25. The number of carbonyl (C=O) groups excluding carboxylic acids is 2. The molecule has 0 spiro atoms. The number of para-hydroxylation sites is 1. The van der Waals surface area contributed by atoms with Crippen LogP contribution >= 0.6 is 0 Å². The summed E-state index contributed by atoms with van der Waals surface area (Å²) in [5.41, 5.74) is 0.0151. The van der Waals surface area contributed by atoms with Gasteiger partial charge in [-0.25, -0.2) is 13.1 Å². The van der Waals surface area contributed by atoms with Crippen molar-refractivity contribution >= 4 is 21.8 Å². The lowest BCUT2D eigenvalue weighted by atomic mass is 10.2. The lowest BCUT2D eigenvalue weighted by molar-refractivity contribution is 0.0954. The van der Waals surface area contributed by atoms with E-state index in [0.29, 0.717) is 0 Å². The van der Waals surface area contributed by atoms with Crippen molar-refractivity contribution in [3.05, 3.63) is 59.7 Å². The summed E-state index contributed by atoms with van der Waals surface area (Å²) in [6, 6.07) is 11.8. The van der Waals surface area contributed by atoms with Gasteiger partial charge in [0.25, 0.3) is 21.8 Å². The molecule has 0 aliphatic carbocycles. The zero-order valence-electron chi connectivity index (χ0n) is 13.1. The summed E-state index contributed by atoms with van der Waals surface area (Å²) in [6.07, 6.45) is 0. The first-order valence-corrected chi connectivity index (χ1v) is 8.40. The van der Waals surface area contributed by atoms with Gasteiger partial charge >= 0.3 is 0 Å². The van der Waals surface area contributed by atoms with E-state index in [1.807, 2.05) is 4.72 Å². The summed E-state index contributed by atoms with van der Waals surface area (Å²) < 4.78 is 32.0. The SMILES string of the molecule is CNC(=O)c1ccccc1S(=O)(=O)NC(=O)c1ccccc1OC. The van der Waals surface area contributed by atoms with E-state index in [-0.39, 0.29) is 21.8 Å². The van der Waals surface area contributed by atoms with E-state index in [4.69, 9.17) is 4.74 Å². The lowest BCUT2D eigenvalue weighted by Gasteiger charge is -2.12. The first kappa shape index (κ1) is 17.5. The summed E-state index contributed by atoms with van der Waals surface area (Å²) in [6.45, 7) is 0. The van der Waals surface area contributed by atoms with Crippen molar-refractivity contribution in [3.8, 4) is 5.75 Å². The van der Waals surface area contributed by atoms with Gasteiger partial charge in [-0.05, 0) is 24.3 Å². The van der Waals surface area contributed by atoms with E-state index in [1.165, 1.54) is 44.5 Å². The molecule has 0 aliphatic rings. The molecule has 8 heteroatoms. The predicted molar refractivity (Wildman–Crippen MR) is 87.5 cm³/mol. The minimum Gasteiger partial charge on any atom is -0.496 e. The Morgan fingerprint density at radius 3 is 2.12 bits per heavy atom. The first-order valence-electron chi connectivity index (χ1n) is 6.92. The Kier molecular flexibility index (Phi) is 5.20. The molecule has 24 heavy (non-hydrogen) atoms. The average Bonchev–Trinajstić information content (AvgIpc) is 2.60. The third kappa shape index (κ3) is 3.54. The molecule has 0 heterocycles. The van der Waals surface area contributed by atoms with Gasteiger partial charge in [0.2, 0.25) is 0 Å². The Hall–Kier alpha value is -2.87. The zero-order valence-corrected chi connectivity index (χ0v) is 13.9. The first-order chi connectivity index (χ1) is 11.4. The Morgan fingerprint density at radius 1 is 0.917 bits per heavy atom. The van der Waals surface area contributed by atoms with Gasteiger partial charge < -0.3 is 10.1 Å². The number of benzene rings is 2. The second-order valence-electron chi connectivity index (χ2n) is 4.71. The summed E-state index contributed by atoms with van der Waals surface area (Å²) >= 11 is 0. The van der Waals surface area contributed by atoms with Gasteiger partial charge in [-0.15, -0.1) is 0 Å². The van der Waals surface area contributed by atoms with E-state index in [1.54, 1.807) is 18.2 Å². The van der Waals surface area contributed by atoms with Crippen LogP contribution < -0.4 is 14.8 Å². The average molecular weight is 348 g/mol. The fourth-order valence-corrected chi connectivity index (χ4v) is 3.26. The molecule has 0 radical (unpaired) electrons. The number of sulfonamides is 1. The van der Waals surface area contributed by atoms with Gasteiger partial charge in [0, 0.05) is 7.05 Å². The van der Waals surface area contributed by atoms with Crippen LogP contribution in [0.5, 0.6) is 5.75 Å². The van der Waals surface area contributed by atoms with Gasteiger partial charge in [0.1, 0.15) is 10.6 Å². The number of nitrogens with one attached hydrogen (secondary N) is 2. The van der Waals surface area contributed by atoms with Crippen molar-refractivity contribution in [2.45, 2.75) is 4.90 Å². The van der Waals surface area contributed by atoms with Crippen LogP contribution in [0.4, 0.5) is 0 Å². The fourth-order valence-electron chi connectivity index (χ4n) is 2.09. The predicted octanol–water partition coefficient (Wildman–Crippen LogP) is 1.17. The summed E-state index contributed by atoms with van der Waals surface area (Å²) in [4.78, 5) is 23.8. The van der Waals surface area contributed by atoms with Crippen molar-refractivity contribution in [1.82, 2.24) is 10.0 Å². The van der Waals surface area contributed by atoms with Crippen LogP contribution in [-0.4, -0.2) is 34.4 Å². The number of ether oxygens (including phenoxy) is 1. The van der Waals surface area contributed by atoms with E-state index in [0.717, 1.165) is 0 Å². The maximum atomic E-state index is 12.5. The zero-order chi connectivity index (χ0) is 17.7. The molecule has 0 aromatic heterocycles. The van der Waals surface area contributed by atoms with Crippen LogP contribution in [0.3, 0.4) is 0 Å². The molecule has 126 valence electrons. The summed E-state index contributed by atoms with van der Waals surface area (Å²) in [5.74, 6) is -1.18. The third-order valence-electron chi connectivity index (χ3n) is 3.23. The standard InChI is InChI=1S/C16H16N2O5S/c1-17-15(19)12-8-4-6-10-14(12)24(21,22)18-16(20)11-7-3-5-9-13(11)23-2/h3-10H,1-2H3,(H,17,19)(H,18,20). The maximum Gasteiger partial charge on any atom is 0.268 e. The van der Waals surface area contributed by atoms with Crippen molar-refractivity contribution in [2.75, 3.05) is 14.2 Å². The topological polar surface area (TPSA) is 102 Å². The lowest BCUT2D eigenvalue weighted by Crippen LogP contribution is -2.32. The van der Waals surface area contributed by atoms with E-state index >= 15 is 0 Å². The Morgan fingerprint density at radius 2 is 1.50 bits per heavy atom. The smallest absolute Gasteiger partial charge is 0.268 e. The molecule has 0 atom stereocenters. The van der Waals surface area contributed by atoms with E-state index in [9.17, 15) is 18.0 Å². The molecule has 2 rings (SSSR count). The molecule has 2 aromatic carbocycles. The molecular formula is C16H16N2O5S. The van der Waals surface area contributed by atoms with E-state index < -0.39 is 21.8 Å². The van der Waals surface area contributed by atoms with Crippen LogP contribution in [0.25, 0.3) is 0 Å². The minimum absolute atomic E-state index is 0.0553. The van der Waals surface area contributed by atoms with Crippen LogP contribution in [0.15, 0.2) is 53.4 Å². The maximum absolute atomic E-state index is 12.5. The van der Waals surface area contributed by atoms with Gasteiger partial charge in [-0.3, -0.25) is 9.59 Å². The monoisotopic (exact) mass is 348 g/mol. The number of methoxy groups -OCH3 is 1. The molecule has 0 saturated carbocycles. The molecule has 2 N–H and O–H groups in total. The number of hydrogen-bond donors (Lipinski definition) is 2. The van der Waals surface area contributed by atoms with Gasteiger partial charge in [-0.1, -0.05) is 24.3 Å². The molecule has 0 aliphatic heterocycles.